The number of nitrogens with one attached hydrogen (secondary N) is 2. The molecule has 1 aliphatic carbocycles. The van der Waals surface area contributed by atoms with Gasteiger partial charge >= 0.3 is 6.36 Å². The van der Waals surface area contributed by atoms with Crippen LogP contribution in [0.4, 0.5) is 36.4 Å². The standard InChI is InChI=1S/C35H29F7N4O3/c36-24-6-4-20(5-7-24)28(22-10-25(37)14-26(38)11-22)15-32(47)45-31-18-44-17-30(39)29(31)13-23-16-34(23)19-43-8-9-46(34)33(48)21-2-1-3-27(12-21)49-35(40,41)42/h1-7,10-12,14,17-18,23,28,43H,8-9,13,15-16,19H2,(H,45,47)/t23-,28+,34?/m1/s1. The molecule has 3 aromatic carbocycles. The zero-order valence-corrected chi connectivity index (χ0v) is 25.7. The molecule has 1 spiro atoms. The fourth-order valence-corrected chi connectivity index (χ4v) is 6.59. The number of carbonyl (C=O) groups excluding carboxylic acids is 2. The lowest BCUT2D eigenvalue weighted by atomic mass is 9.88. The summed E-state index contributed by atoms with van der Waals surface area (Å²) in [5, 5.41) is 5.90. The van der Waals surface area contributed by atoms with Gasteiger partial charge in [0.05, 0.1) is 23.6 Å². The number of aromatic nitrogens is 1. The second kappa shape index (κ2) is 13.5. The van der Waals surface area contributed by atoms with Crippen molar-refractivity contribution < 1.29 is 45.1 Å². The third-order valence-electron chi connectivity index (χ3n) is 8.92. The lowest BCUT2D eigenvalue weighted by molar-refractivity contribution is -0.274. The first-order valence-corrected chi connectivity index (χ1v) is 15.3. The molecule has 4 aromatic rings. The summed E-state index contributed by atoms with van der Waals surface area (Å²) in [6.07, 6.45) is -2.46. The Labute approximate surface area is 276 Å². The first kappa shape index (κ1) is 33.9. The number of alkyl halides is 3. The van der Waals surface area contributed by atoms with Crippen LogP contribution in [0.25, 0.3) is 0 Å². The number of anilines is 1. The van der Waals surface area contributed by atoms with E-state index < -0.39 is 58.7 Å². The summed E-state index contributed by atoms with van der Waals surface area (Å²) in [7, 11) is 0. The molecule has 256 valence electrons. The fourth-order valence-electron chi connectivity index (χ4n) is 6.59. The van der Waals surface area contributed by atoms with Crippen molar-refractivity contribution in [2.45, 2.75) is 37.1 Å². The summed E-state index contributed by atoms with van der Waals surface area (Å²) < 4.78 is 99.7. The Bertz CT molecular complexity index is 1850. The van der Waals surface area contributed by atoms with Crippen LogP contribution in [0.5, 0.6) is 5.75 Å². The monoisotopic (exact) mass is 686 g/mol. The Morgan fingerprint density at radius 3 is 2.41 bits per heavy atom. The fraction of sp³-hybridized carbons (Fsp3) is 0.286. The van der Waals surface area contributed by atoms with Gasteiger partial charge in [-0.1, -0.05) is 18.2 Å². The van der Waals surface area contributed by atoms with Gasteiger partial charge in [0.2, 0.25) is 5.91 Å². The van der Waals surface area contributed by atoms with Crippen LogP contribution < -0.4 is 15.4 Å². The molecule has 3 atom stereocenters. The van der Waals surface area contributed by atoms with E-state index in [0.29, 0.717) is 31.1 Å². The van der Waals surface area contributed by atoms with E-state index >= 15 is 4.39 Å². The van der Waals surface area contributed by atoms with Crippen molar-refractivity contribution in [2.75, 3.05) is 25.0 Å². The maximum absolute atomic E-state index is 15.3. The minimum atomic E-state index is -4.93. The molecule has 1 saturated heterocycles. The van der Waals surface area contributed by atoms with Crippen LogP contribution in [0, 0.1) is 29.2 Å². The van der Waals surface area contributed by atoms with Crippen LogP contribution >= 0.6 is 0 Å². The molecule has 6 rings (SSSR count). The van der Waals surface area contributed by atoms with E-state index in [9.17, 15) is 35.9 Å². The topological polar surface area (TPSA) is 83.6 Å². The largest absolute Gasteiger partial charge is 0.573 e. The number of hydrogen-bond donors (Lipinski definition) is 2. The summed E-state index contributed by atoms with van der Waals surface area (Å²) in [6, 6.07) is 12.8. The third kappa shape index (κ3) is 7.69. The van der Waals surface area contributed by atoms with E-state index in [4.69, 9.17) is 0 Å². The highest BCUT2D eigenvalue weighted by Gasteiger charge is 2.60. The van der Waals surface area contributed by atoms with Crippen molar-refractivity contribution in [3.8, 4) is 5.75 Å². The minimum Gasteiger partial charge on any atom is -0.406 e. The number of hydrogen-bond acceptors (Lipinski definition) is 5. The molecule has 1 saturated carbocycles. The molecule has 7 nitrogen and oxygen atoms in total. The van der Waals surface area contributed by atoms with E-state index in [1.54, 1.807) is 4.90 Å². The maximum Gasteiger partial charge on any atom is 0.573 e. The Morgan fingerprint density at radius 2 is 1.69 bits per heavy atom. The Kier molecular flexibility index (Phi) is 9.34. The van der Waals surface area contributed by atoms with E-state index in [0.717, 1.165) is 42.6 Å². The highest BCUT2D eigenvalue weighted by molar-refractivity contribution is 5.95. The molecule has 2 amide bonds. The lowest BCUT2D eigenvalue weighted by Crippen LogP contribution is -2.56. The van der Waals surface area contributed by atoms with E-state index in [1.165, 1.54) is 30.5 Å². The molecule has 14 heteroatoms. The summed E-state index contributed by atoms with van der Waals surface area (Å²) in [5.74, 6) is -5.78. The summed E-state index contributed by atoms with van der Waals surface area (Å²) in [4.78, 5) is 32.5. The molecule has 49 heavy (non-hydrogen) atoms. The molecule has 2 fully saturated rings. The van der Waals surface area contributed by atoms with Crippen molar-refractivity contribution in [3.63, 3.8) is 0 Å². The molecular formula is C35H29F7N4O3. The highest BCUT2D eigenvalue weighted by Crippen LogP contribution is 2.52. The van der Waals surface area contributed by atoms with Crippen LogP contribution in [-0.2, 0) is 11.2 Å². The van der Waals surface area contributed by atoms with Gasteiger partial charge in [0.15, 0.2) is 0 Å². The molecule has 2 aliphatic rings. The van der Waals surface area contributed by atoms with Gasteiger partial charge in [-0.3, -0.25) is 14.6 Å². The molecule has 0 bridgehead atoms. The Hall–Kier alpha value is -4.98. The normalized spacial score (nSPS) is 19.4. The molecular weight excluding hydrogens is 657 g/mol. The second-order valence-corrected chi connectivity index (χ2v) is 12.1. The zero-order chi connectivity index (χ0) is 34.9. The van der Waals surface area contributed by atoms with Gasteiger partial charge in [-0.05, 0) is 72.4 Å². The van der Waals surface area contributed by atoms with Gasteiger partial charge in [0.25, 0.3) is 5.91 Å². The van der Waals surface area contributed by atoms with Crippen molar-refractivity contribution >= 4 is 17.5 Å². The first-order chi connectivity index (χ1) is 23.3. The minimum absolute atomic E-state index is 0.00519. The molecule has 1 unspecified atom stereocenters. The first-order valence-electron chi connectivity index (χ1n) is 15.3. The van der Waals surface area contributed by atoms with Crippen molar-refractivity contribution in [1.29, 1.82) is 0 Å². The number of rotatable bonds is 9. The predicted molar refractivity (Wildman–Crippen MR) is 164 cm³/mol. The lowest BCUT2D eigenvalue weighted by Gasteiger charge is -2.38. The van der Waals surface area contributed by atoms with Gasteiger partial charge in [-0.15, -0.1) is 13.2 Å². The van der Waals surface area contributed by atoms with Gasteiger partial charge < -0.3 is 20.3 Å². The maximum atomic E-state index is 15.3. The van der Waals surface area contributed by atoms with E-state index in [-0.39, 0.29) is 47.7 Å². The number of nitrogens with zero attached hydrogens (tertiary/aromatic N) is 2. The van der Waals surface area contributed by atoms with Gasteiger partial charge in [-0.25, -0.2) is 17.6 Å². The van der Waals surface area contributed by atoms with Gasteiger partial charge in [-0.2, -0.15) is 0 Å². The third-order valence-corrected chi connectivity index (χ3v) is 8.92. The Balaban J connectivity index is 1.21. The van der Waals surface area contributed by atoms with Gasteiger partial charge in [0.1, 0.15) is 29.0 Å². The smallest absolute Gasteiger partial charge is 0.406 e. The SMILES string of the molecule is O=C(C[C@@H](c1ccc(F)cc1)c1cc(F)cc(F)c1)Nc1cncc(F)c1C[C@@H]1CC12CNCCN2C(=O)c1cccc(OC(F)(F)F)c1. The van der Waals surface area contributed by atoms with E-state index in [2.05, 4.69) is 20.4 Å². The summed E-state index contributed by atoms with van der Waals surface area (Å²) in [5.41, 5.74) is -0.00745. The van der Waals surface area contributed by atoms with Crippen LogP contribution in [0.15, 0.2) is 79.1 Å². The van der Waals surface area contributed by atoms with Crippen molar-refractivity contribution in [3.05, 3.63) is 125 Å². The van der Waals surface area contributed by atoms with Gasteiger partial charge in [0, 0.05) is 49.2 Å². The molecule has 2 N–H and O–H groups in total. The second-order valence-electron chi connectivity index (χ2n) is 12.1. The number of amides is 2. The zero-order valence-electron chi connectivity index (χ0n) is 25.7. The number of ether oxygens (including phenoxy) is 1. The molecule has 1 aromatic heterocycles. The van der Waals surface area contributed by atoms with Crippen molar-refractivity contribution in [2.24, 2.45) is 5.92 Å². The van der Waals surface area contributed by atoms with Crippen LogP contribution in [0.2, 0.25) is 0 Å². The van der Waals surface area contributed by atoms with E-state index in [1.807, 2.05) is 0 Å². The number of piperazine rings is 1. The molecule has 2 heterocycles. The molecule has 0 radical (unpaired) electrons. The Morgan fingerprint density at radius 1 is 0.959 bits per heavy atom. The number of pyridine rings is 1. The number of halogens is 7. The molecule has 1 aliphatic heterocycles. The quantitative estimate of drug-likeness (QED) is 0.191. The number of carbonyl (C=O) groups is 2. The number of benzene rings is 3. The van der Waals surface area contributed by atoms with Crippen LogP contribution in [0.1, 0.15) is 45.8 Å². The van der Waals surface area contributed by atoms with Crippen LogP contribution in [-0.4, -0.2) is 53.2 Å². The summed E-state index contributed by atoms with van der Waals surface area (Å²) in [6.45, 7) is 1.06. The van der Waals surface area contributed by atoms with Crippen LogP contribution in [0.3, 0.4) is 0 Å². The van der Waals surface area contributed by atoms with Crippen molar-refractivity contribution in [1.82, 2.24) is 15.2 Å². The highest BCUT2D eigenvalue weighted by atomic mass is 19.4. The average molecular weight is 687 g/mol. The predicted octanol–water partition coefficient (Wildman–Crippen LogP) is 6.74. The average Bonchev–Trinajstić information content (AvgIpc) is 3.71. The summed E-state index contributed by atoms with van der Waals surface area (Å²) >= 11 is 0.